The minimum absolute atomic E-state index is 0.172. The first-order chi connectivity index (χ1) is 11.4. The van der Waals surface area contributed by atoms with Gasteiger partial charge in [0.25, 0.3) is 5.91 Å². The van der Waals surface area contributed by atoms with E-state index in [4.69, 9.17) is 0 Å². The van der Waals surface area contributed by atoms with Gasteiger partial charge in [-0.3, -0.25) is 4.79 Å². The number of rotatable bonds is 3. The molecule has 1 amide bonds. The second-order valence-corrected chi connectivity index (χ2v) is 7.38. The molecule has 0 spiro atoms. The molecule has 0 aliphatic rings. The maximum absolute atomic E-state index is 13.0. The van der Waals surface area contributed by atoms with Crippen LogP contribution < -0.4 is 0 Å². The molecule has 0 saturated carbocycles. The van der Waals surface area contributed by atoms with Gasteiger partial charge < -0.3 is 4.90 Å². The van der Waals surface area contributed by atoms with Crippen molar-refractivity contribution in [1.29, 1.82) is 0 Å². The molecule has 1 heterocycles. The molecule has 0 saturated heterocycles. The minimum atomic E-state index is -4.84. The molecular weight excluding hydrogens is 359 g/mol. The molecule has 0 N–H and O–H groups in total. The fourth-order valence-electron chi connectivity index (χ4n) is 1.95. The molecule has 1 aromatic heterocycles. The largest absolute Gasteiger partial charge is 0.433 e. The summed E-state index contributed by atoms with van der Waals surface area (Å²) in [4.78, 5) is 20.1. The molecule has 2 rings (SSSR count). The van der Waals surface area contributed by atoms with Crippen molar-refractivity contribution in [2.45, 2.75) is 11.3 Å². The summed E-state index contributed by atoms with van der Waals surface area (Å²) in [7, 11) is -0.991. The predicted molar refractivity (Wildman–Crippen MR) is 83.6 cm³/mol. The van der Waals surface area contributed by atoms with Gasteiger partial charge >= 0.3 is 6.18 Å². The third-order valence-electron chi connectivity index (χ3n) is 3.14. The Bertz CT molecular complexity index is 925. The Morgan fingerprint density at radius 1 is 1.12 bits per heavy atom. The first-order valence-electron chi connectivity index (χ1n) is 6.88. The fraction of sp³-hybridized carbons (Fsp3) is 0.267. The molecule has 0 aliphatic carbocycles. The van der Waals surface area contributed by atoms with E-state index in [9.17, 15) is 26.4 Å². The maximum atomic E-state index is 13.0. The predicted octanol–water partition coefficient (Wildman–Crippen LogP) is 2.27. The van der Waals surface area contributed by atoms with Crippen LogP contribution in [0.3, 0.4) is 0 Å². The highest BCUT2D eigenvalue weighted by molar-refractivity contribution is 7.90. The molecule has 0 atom stereocenters. The van der Waals surface area contributed by atoms with Gasteiger partial charge in [0.2, 0.25) is 15.0 Å². The van der Waals surface area contributed by atoms with Crippen molar-refractivity contribution >= 4 is 15.7 Å². The van der Waals surface area contributed by atoms with Gasteiger partial charge in [-0.2, -0.15) is 13.2 Å². The second-order valence-electron chi connectivity index (χ2n) is 5.47. The van der Waals surface area contributed by atoms with Crippen LogP contribution in [0, 0.1) is 0 Å². The third-order valence-corrected chi connectivity index (χ3v) is 3.99. The monoisotopic (exact) mass is 373 g/mol. The smallest absolute Gasteiger partial charge is 0.345 e. The van der Waals surface area contributed by atoms with E-state index in [2.05, 4.69) is 9.97 Å². The molecule has 6 nitrogen and oxygen atoms in total. The lowest BCUT2D eigenvalue weighted by atomic mass is 10.1. The molecule has 25 heavy (non-hydrogen) atoms. The summed E-state index contributed by atoms with van der Waals surface area (Å²) in [6, 6.07) is 6.39. The molecule has 0 unspecified atom stereocenters. The Morgan fingerprint density at radius 2 is 1.76 bits per heavy atom. The molecule has 1 aromatic carbocycles. The molecular formula is C15H14F3N3O3S. The van der Waals surface area contributed by atoms with Crippen LogP contribution in [-0.4, -0.2) is 49.5 Å². The number of alkyl halides is 3. The summed E-state index contributed by atoms with van der Waals surface area (Å²) in [5.41, 5.74) is -1.21. The molecule has 2 aromatic rings. The highest BCUT2D eigenvalue weighted by Gasteiger charge is 2.34. The molecule has 0 bridgehead atoms. The van der Waals surface area contributed by atoms with E-state index in [0.717, 1.165) is 6.26 Å². The zero-order valence-corrected chi connectivity index (χ0v) is 14.3. The molecule has 134 valence electrons. The second kappa shape index (κ2) is 6.43. The quantitative estimate of drug-likeness (QED) is 0.771. The van der Waals surface area contributed by atoms with Crippen LogP contribution in [0.25, 0.3) is 11.3 Å². The topological polar surface area (TPSA) is 80.2 Å². The van der Waals surface area contributed by atoms with Crippen molar-refractivity contribution in [2.24, 2.45) is 0 Å². The van der Waals surface area contributed by atoms with Crippen LogP contribution in [0.1, 0.15) is 16.1 Å². The Balaban J connectivity index is 2.67. The van der Waals surface area contributed by atoms with Crippen molar-refractivity contribution in [3.63, 3.8) is 0 Å². The summed E-state index contributed by atoms with van der Waals surface area (Å²) in [6.07, 6.45) is -4.12. The first kappa shape index (κ1) is 18.8. The minimum Gasteiger partial charge on any atom is -0.345 e. The van der Waals surface area contributed by atoms with Gasteiger partial charge in [0.05, 0.1) is 5.69 Å². The molecule has 0 aliphatic heterocycles. The number of halogens is 3. The summed E-state index contributed by atoms with van der Waals surface area (Å²) in [6.45, 7) is 0. The highest BCUT2D eigenvalue weighted by atomic mass is 32.2. The number of amides is 1. The van der Waals surface area contributed by atoms with E-state index in [0.29, 0.717) is 6.07 Å². The van der Waals surface area contributed by atoms with Crippen molar-refractivity contribution in [1.82, 2.24) is 14.9 Å². The number of carbonyl (C=O) groups is 1. The van der Waals surface area contributed by atoms with Crippen molar-refractivity contribution in [3.05, 3.63) is 41.6 Å². The lowest BCUT2D eigenvalue weighted by Crippen LogP contribution is -2.21. The van der Waals surface area contributed by atoms with Crippen molar-refractivity contribution < 1.29 is 26.4 Å². The fourth-order valence-corrected chi connectivity index (χ4v) is 2.48. The molecule has 10 heteroatoms. The van der Waals surface area contributed by atoms with Gasteiger partial charge in [0, 0.05) is 31.5 Å². The van der Waals surface area contributed by atoms with Gasteiger partial charge in [0.15, 0.2) is 0 Å². The number of benzene rings is 1. The van der Waals surface area contributed by atoms with Crippen molar-refractivity contribution in [3.8, 4) is 11.3 Å². The normalized spacial score (nSPS) is 12.1. The van der Waals surface area contributed by atoms with Gasteiger partial charge in [-0.15, -0.1) is 0 Å². The highest BCUT2D eigenvalue weighted by Crippen LogP contribution is 2.31. The van der Waals surface area contributed by atoms with Gasteiger partial charge in [-0.05, 0) is 18.2 Å². The SMILES string of the molecule is CN(C)C(=O)c1cccc(-c2cc(C(F)(F)F)nc(S(C)(=O)=O)n2)c1. The summed E-state index contributed by atoms with van der Waals surface area (Å²) < 4.78 is 62.3. The van der Waals surface area contributed by atoms with Crippen LogP contribution in [0.2, 0.25) is 0 Å². The number of hydrogen-bond acceptors (Lipinski definition) is 5. The van der Waals surface area contributed by atoms with Gasteiger partial charge in [0.1, 0.15) is 5.69 Å². The summed E-state index contributed by atoms with van der Waals surface area (Å²) in [5.74, 6) is -0.352. The Labute approximate surface area is 142 Å². The molecule has 0 fully saturated rings. The first-order valence-corrected chi connectivity index (χ1v) is 8.77. The number of nitrogens with zero attached hydrogens (tertiary/aromatic N) is 3. The summed E-state index contributed by atoms with van der Waals surface area (Å²) in [5, 5.41) is -0.929. The maximum Gasteiger partial charge on any atom is 0.433 e. The number of hydrogen-bond donors (Lipinski definition) is 0. The van der Waals surface area contributed by atoms with Crippen LogP contribution in [0.15, 0.2) is 35.5 Å². The number of sulfone groups is 1. The number of aromatic nitrogens is 2. The van der Waals surface area contributed by atoms with E-state index in [1.807, 2.05) is 0 Å². The average molecular weight is 373 g/mol. The Kier molecular flexibility index (Phi) is 4.85. The van der Waals surface area contributed by atoms with E-state index >= 15 is 0 Å². The average Bonchev–Trinajstić information content (AvgIpc) is 2.52. The van der Waals surface area contributed by atoms with Gasteiger partial charge in [-0.1, -0.05) is 12.1 Å². The lowest BCUT2D eigenvalue weighted by Gasteiger charge is -2.12. The lowest BCUT2D eigenvalue weighted by molar-refractivity contribution is -0.141. The Morgan fingerprint density at radius 3 is 2.28 bits per heavy atom. The van der Waals surface area contributed by atoms with Crippen LogP contribution >= 0.6 is 0 Å². The van der Waals surface area contributed by atoms with E-state index in [-0.39, 0.29) is 22.7 Å². The van der Waals surface area contributed by atoms with Crippen LogP contribution in [0.5, 0.6) is 0 Å². The van der Waals surface area contributed by atoms with Crippen LogP contribution in [0.4, 0.5) is 13.2 Å². The van der Waals surface area contributed by atoms with Crippen molar-refractivity contribution in [2.75, 3.05) is 20.4 Å². The zero-order valence-electron chi connectivity index (χ0n) is 13.5. The van der Waals surface area contributed by atoms with Gasteiger partial charge in [-0.25, -0.2) is 18.4 Å². The van der Waals surface area contributed by atoms with E-state index in [1.165, 1.54) is 43.3 Å². The molecule has 0 radical (unpaired) electrons. The standard InChI is InChI=1S/C15H14F3N3O3S/c1-21(2)13(22)10-6-4-5-9(7-10)11-8-12(15(16,17)18)20-14(19-11)25(3,23)24/h4-8H,1-3H3. The van der Waals surface area contributed by atoms with E-state index < -0.39 is 26.9 Å². The Hall–Kier alpha value is -2.49. The van der Waals surface area contributed by atoms with Crippen LogP contribution in [-0.2, 0) is 16.0 Å². The third kappa shape index (κ3) is 4.32. The van der Waals surface area contributed by atoms with E-state index in [1.54, 1.807) is 0 Å². The summed E-state index contributed by atoms with van der Waals surface area (Å²) >= 11 is 0. The number of carbonyl (C=O) groups excluding carboxylic acids is 1. The zero-order chi connectivity index (χ0) is 19.0.